The van der Waals surface area contributed by atoms with E-state index in [1.54, 1.807) is 0 Å². The molecule has 0 spiro atoms. The van der Waals surface area contributed by atoms with E-state index in [-0.39, 0.29) is 23.4 Å². The first-order valence-electron chi connectivity index (χ1n) is 7.20. The summed E-state index contributed by atoms with van der Waals surface area (Å²) in [6, 6.07) is 5.70. The lowest BCUT2D eigenvalue weighted by atomic mass is 9.65. The molecule has 1 aromatic rings. The molecule has 2 heteroatoms. The van der Waals surface area contributed by atoms with E-state index in [0.717, 1.165) is 24.8 Å². The Labute approximate surface area is 113 Å². The van der Waals surface area contributed by atoms with Gasteiger partial charge in [-0.1, -0.05) is 24.6 Å². The number of hydrogen-bond acceptors (Lipinski definition) is 2. The second-order valence-electron chi connectivity index (χ2n) is 6.91. The van der Waals surface area contributed by atoms with E-state index in [1.807, 2.05) is 25.1 Å². The van der Waals surface area contributed by atoms with Crippen LogP contribution in [-0.4, -0.2) is 11.6 Å². The van der Waals surface area contributed by atoms with Gasteiger partial charge in [0.2, 0.25) is 0 Å². The first-order valence-corrected chi connectivity index (χ1v) is 7.20. The van der Waals surface area contributed by atoms with Gasteiger partial charge in [0.25, 0.3) is 0 Å². The highest BCUT2D eigenvalue weighted by Crippen LogP contribution is 2.66. The smallest absolute Gasteiger partial charge is 0.167 e. The number of hydrogen-bond donors (Lipinski definition) is 0. The summed E-state index contributed by atoms with van der Waals surface area (Å²) < 4.78 is 0. The molecule has 0 aliphatic heterocycles. The van der Waals surface area contributed by atoms with Crippen LogP contribution in [0.15, 0.2) is 18.2 Å². The highest BCUT2D eigenvalue weighted by atomic mass is 16.1. The van der Waals surface area contributed by atoms with Crippen LogP contribution in [0.2, 0.25) is 0 Å². The Morgan fingerprint density at radius 3 is 2.74 bits per heavy atom. The SMILES string of the molecule is Cc1ccc2c(c1)C(=O)C1CCC3(C)CC3C1C2=O. The Morgan fingerprint density at radius 2 is 1.95 bits per heavy atom. The molecule has 19 heavy (non-hydrogen) atoms. The Kier molecular flexibility index (Phi) is 2.01. The fourth-order valence-electron chi connectivity index (χ4n) is 4.35. The normalized spacial score (nSPS) is 39.4. The molecule has 2 fully saturated rings. The van der Waals surface area contributed by atoms with Crippen LogP contribution in [0, 0.1) is 30.1 Å². The third-order valence-corrected chi connectivity index (χ3v) is 5.66. The van der Waals surface area contributed by atoms with E-state index in [0.29, 0.717) is 22.5 Å². The fraction of sp³-hybridized carbons (Fsp3) is 0.529. The largest absolute Gasteiger partial charge is 0.294 e. The van der Waals surface area contributed by atoms with Crippen molar-refractivity contribution in [1.82, 2.24) is 0 Å². The van der Waals surface area contributed by atoms with Crippen LogP contribution in [0.3, 0.4) is 0 Å². The lowest BCUT2D eigenvalue weighted by Gasteiger charge is -2.36. The number of benzene rings is 1. The Balaban J connectivity index is 1.85. The van der Waals surface area contributed by atoms with Gasteiger partial charge in [0.1, 0.15) is 0 Å². The van der Waals surface area contributed by atoms with Gasteiger partial charge in [-0.2, -0.15) is 0 Å². The third-order valence-electron chi connectivity index (χ3n) is 5.66. The predicted octanol–water partition coefficient (Wildman–Crippen LogP) is 3.43. The topological polar surface area (TPSA) is 34.1 Å². The molecular formula is C17H18O2. The Hall–Kier alpha value is -1.44. The number of carbonyl (C=O) groups excluding carboxylic acids is 2. The van der Waals surface area contributed by atoms with Crippen molar-refractivity contribution in [2.24, 2.45) is 23.2 Å². The van der Waals surface area contributed by atoms with Crippen molar-refractivity contribution in [3.63, 3.8) is 0 Å². The van der Waals surface area contributed by atoms with Crippen LogP contribution >= 0.6 is 0 Å². The number of fused-ring (bicyclic) bond motifs is 4. The van der Waals surface area contributed by atoms with Crippen LogP contribution < -0.4 is 0 Å². The van der Waals surface area contributed by atoms with Crippen molar-refractivity contribution in [3.8, 4) is 0 Å². The average molecular weight is 254 g/mol. The summed E-state index contributed by atoms with van der Waals surface area (Å²) in [5.74, 6) is 0.839. The second kappa shape index (κ2) is 3.36. The summed E-state index contributed by atoms with van der Waals surface area (Å²) in [5, 5.41) is 0. The molecule has 3 aliphatic rings. The van der Waals surface area contributed by atoms with Crippen molar-refractivity contribution in [1.29, 1.82) is 0 Å². The molecule has 0 aromatic heterocycles. The molecule has 98 valence electrons. The maximum Gasteiger partial charge on any atom is 0.167 e. The van der Waals surface area contributed by atoms with E-state index >= 15 is 0 Å². The molecule has 0 saturated heterocycles. The predicted molar refractivity (Wildman–Crippen MR) is 72.3 cm³/mol. The van der Waals surface area contributed by atoms with Crippen molar-refractivity contribution < 1.29 is 9.59 Å². The van der Waals surface area contributed by atoms with Gasteiger partial charge in [-0.15, -0.1) is 0 Å². The number of rotatable bonds is 0. The van der Waals surface area contributed by atoms with Crippen LogP contribution in [0.25, 0.3) is 0 Å². The fourth-order valence-corrected chi connectivity index (χ4v) is 4.35. The van der Waals surface area contributed by atoms with Crippen LogP contribution in [-0.2, 0) is 0 Å². The first kappa shape index (κ1) is 11.4. The number of carbonyl (C=O) groups is 2. The molecule has 0 radical (unpaired) electrons. The van der Waals surface area contributed by atoms with Gasteiger partial charge in [0.15, 0.2) is 11.6 Å². The van der Waals surface area contributed by atoms with E-state index in [9.17, 15) is 9.59 Å². The highest BCUT2D eigenvalue weighted by molar-refractivity contribution is 6.16. The molecule has 2 saturated carbocycles. The minimum Gasteiger partial charge on any atom is -0.294 e. The molecule has 3 aliphatic carbocycles. The zero-order valence-electron chi connectivity index (χ0n) is 11.4. The quantitative estimate of drug-likeness (QED) is 0.711. The molecule has 0 N–H and O–H groups in total. The molecule has 0 amide bonds. The van der Waals surface area contributed by atoms with Crippen LogP contribution in [0.4, 0.5) is 0 Å². The molecule has 4 unspecified atom stereocenters. The number of ketones is 2. The summed E-state index contributed by atoms with van der Waals surface area (Å²) in [7, 11) is 0. The molecule has 0 bridgehead atoms. The third kappa shape index (κ3) is 1.37. The van der Waals surface area contributed by atoms with Gasteiger partial charge in [-0.3, -0.25) is 9.59 Å². The monoisotopic (exact) mass is 254 g/mol. The van der Waals surface area contributed by atoms with E-state index < -0.39 is 0 Å². The Morgan fingerprint density at radius 1 is 1.16 bits per heavy atom. The summed E-state index contributed by atoms with van der Waals surface area (Å²) >= 11 is 0. The van der Waals surface area contributed by atoms with Crippen molar-refractivity contribution >= 4 is 11.6 Å². The summed E-state index contributed by atoms with van der Waals surface area (Å²) in [6.45, 7) is 4.25. The maximum absolute atomic E-state index is 12.7. The van der Waals surface area contributed by atoms with E-state index in [4.69, 9.17) is 0 Å². The summed E-state index contributed by atoms with van der Waals surface area (Å²) in [4.78, 5) is 25.4. The lowest BCUT2D eigenvalue weighted by Crippen LogP contribution is -2.41. The van der Waals surface area contributed by atoms with Crippen molar-refractivity contribution in [3.05, 3.63) is 34.9 Å². The Bertz CT molecular complexity index is 616. The standard InChI is InChI=1S/C17H18O2/c1-9-3-4-10-12(7-9)15(18)11-5-6-17(2)8-13(17)14(11)16(10)19/h3-4,7,11,13-14H,5-6,8H2,1-2H3. The maximum atomic E-state index is 12.7. The molecule has 1 aromatic carbocycles. The van der Waals surface area contributed by atoms with E-state index in [2.05, 4.69) is 6.92 Å². The summed E-state index contributed by atoms with van der Waals surface area (Å²) in [5.41, 5.74) is 2.76. The first-order chi connectivity index (χ1) is 9.01. The second-order valence-corrected chi connectivity index (χ2v) is 6.91. The molecule has 4 atom stereocenters. The van der Waals surface area contributed by atoms with Crippen molar-refractivity contribution in [2.45, 2.75) is 33.1 Å². The van der Waals surface area contributed by atoms with Gasteiger partial charge >= 0.3 is 0 Å². The van der Waals surface area contributed by atoms with Gasteiger partial charge in [-0.05, 0) is 43.6 Å². The number of aryl methyl sites for hydroxylation is 1. The van der Waals surface area contributed by atoms with Crippen LogP contribution in [0.5, 0.6) is 0 Å². The van der Waals surface area contributed by atoms with Crippen LogP contribution in [0.1, 0.15) is 52.5 Å². The minimum atomic E-state index is -0.0395. The van der Waals surface area contributed by atoms with Crippen molar-refractivity contribution in [2.75, 3.05) is 0 Å². The van der Waals surface area contributed by atoms with Gasteiger partial charge in [0, 0.05) is 23.0 Å². The highest BCUT2D eigenvalue weighted by Gasteiger charge is 2.62. The lowest BCUT2D eigenvalue weighted by molar-refractivity contribution is 0.0625. The molecular weight excluding hydrogens is 236 g/mol. The van der Waals surface area contributed by atoms with E-state index in [1.165, 1.54) is 0 Å². The zero-order chi connectivity index (χ0) is 13.4. The molecule has 2 nitrogen and oxygen atoms in total. The summed E-state index contributed by atoms with van der Waals surface area (Å²) in [6.07, 6.45) is 3.14. The molecule has 0 heterocycles. The number of Topliss-reactive ketones (excluding diaryl/α,β-unsaturated/α-hetero) is 2. The van der Waals surface area contributed by atoms with Gasteiger partial charge in [-0.25, -0.2) is 0 Å². The minimum absolute atomic E-state index is 0.0264. The molecule has 4 rings (SSSR count). The zero-order valence-corrected chi connectivity index (χ0v) is 11.4. The van der Waals surface area contributed by atoms with Gasteiger partial charge < -0.3 is 0 Å². The van der Waals surface area contributed by atoms with Gasteiger partial charge in [0.05, 0.1) is 0 Å². The average Bonchev–Trinajstić information content (AvgIpc) is 3.06.